The highest BCUT2D eigenvalue weighted by Gasteiger charge is 2.12. The lowest BCUT2D eigenvalue weighted by Gasteiger charge is -2.16. The van der Waals surface area contributed by atoms with Gasteiger partial charge in [0.25, 0.3) is 0 Å². The van der Waals surface area contributed by atoms with Gasteiger partial charge in [0.1, 0.15) is 0 Å². The monoisotopic (exact) mass is 196 g/mol. The highest BCUT2D eigenvalue weighted by molar-refractivity contribution is 4.54. The molecule has 3 unspecified atom stereocenters. The van der Waals surface area contributed by atoms with Crippen LogP contribution >= 0.6 is 0 Å². The largest absolute Gasteiger partial charge is 0.394 e. The first-order valence-electron chi connectivity index (χ1n) is 4.01. The summed E-state index contributed by atoms with van der Waals surface area (Å²) in [7, 11) is 0. The Morgan fingerprint density at radius 2 is 1.46 bits per heavy atom. The lowest BCUT2D eigenvalue weighted by Crippen LogP contribution is -2.26. The third-order valence-corrected chi connectivity index (χ3v) is 1.43. The molecule has 13 heavy (non-hydrogen) atoms. The number of rotatable bonds is 7. The van der Waals surface area contributed by atoms with Crippen LogP contribution in [0.1, 0.15) is 12.8 Å². The Labute approximate surface area is 76.0 Å². The molecule has 0 rings (SSSR count). The fourth-order valence-corrected chi connectivity index (χ4v) is 0.719. The van der Waals surface area contributed by atoms with E-state index in [1.165, 1.54) is 0 Å². The highest BCUT2D eigenvalue weighted by Crippen LogP contribution is 2.04. The van der Waals surface area contributed by atoms with Crippen molar-refractivity contribution in [2.75, 3.05) is 13.2 Å². The van der Waals surface area contributed by atoms with E-state index < -0.39 is 25.3 Å². The standard InChI is InChI=1S/C7H16O6/c8-3-5(10)1-2-6(11)13-7(12)4-9/h5-12H,1-4H2. The number of aliphatic hydroxyl groups excluding tert-OH is 5. The first kappa shape index (κ1) is 12.8. The molecule has 0 bridgehead atoms. The van der Waals surface area contributed by atoms with Crippen molar-refractivity contribution in [1.29, 1.82) is 0 Å². The van der Waals surface area contributed by atoms with Gasteiger partial charge < -0.3 is 30.3 Å². The van der Waals surface area contributed by atoms with Gasteiger partial charge in [-0.15, -0.1) is 0 Å². The average Bonchev–Trinajstić information content (AvgIpc) is 2.13. The summed E-state index contributed by atoms with van der Waals surface area (Å²) in [5.74, 6) is 0. The molecule has 5 N–H and O–H groups in total. The average molecular weight is 196 g/mol. The second-order valence-corrected chi connectivity index (χ2v) is 2.64. The second-order valence-electron chi connectivity index (χ2n) is 2.64. The minimum absolute atomic E-state index is 0.0821. The Bertz CT molecular complexity index is 120. The van der Waals surface area contributed by atoms with E-state index in [0.717, 1.165) is 0 Å². The fraction of sp³-hybridized carbons (Fsp3) is 1.00. The molecule has 0 aliphatic rings. The third-order valence-electron chi connectivity index (χ3n) is 1.43. The van der Waals surface area contributed by atoms with Gasteiger partial charge in [0.05, 0.1) is 19.3 Å². The Morgan fingerprint density at radius 1 is 0.846 bits per heavy atom. The van der Waals surface area contributed by atoms with Crippen molar-refractivity contribution in [3.05, 3.63) is 0 Å². The predicted molar refractivity (Wildman–Crippen MR) is 42.5 cm³/mol. The Morgan fingerprint density at radius 3 is 1.92 bits per heavy atom. The van der Waals surface area contributed by atoms with Gasteiger partial charge in [-0.1, -0.05) is 0 Å². The Balaban J connectivity index is 3.45. The van der Waals surface area contributed by atoms with Crippen LogP contribution in [0.25, 0.3) is 0 Å². The summed E-state index contributed by atoms with van der Waals surface area (Å²) in [4.78, 5) is 0. The van der Waals surface area contributed by atoms with Crippen LogP contribution in [-0.2, 0) is 4.74 Å². The van der Waals surface area contributed by atoms with E-state index in [-0.39, 0.29) is 19.4 Å². The van der Waals surface area contributed by atoms with E-state index in [9.17, 15) is 0 Å². The van der Waals surface area contributed by atoms with Crippen LogP contribution in [0, 0.1) is 0 Å². The number of ether oxygens (including phenoxy) is 1. The molecule has 0 spiro atoms. The molecule has 0 aromatic heterocycles. The van der Waals surface area contributed by atoms with Crippen LogP contribution in [0.2, 0.25) is 0 Å². The van der Waals surface area contributed by atoms with Crippen LogP contribution in [0.4, 0.5) is 0 Å². The van der Waals surface area contributed by atoms with Crippen LogP contribution in [0.5, 0.6) is 0 Å². The zero-order valence-corrected chi connectivity index (χ0v) is 7.20. The summed E-state index contributed by atoms with van der Waals surface area (Å²) in [6.07, 6.45) is -3.32. The molecule has 0 aliphatic carbocycles. The quantitative estimate of drug-likeness (QED) is 0.295. The van der Waals surface area contributed by atoms with E-state index in [1.807, 2.05) is 0 Å². The molecule has 0 fully saturated rings. The van der Waals surface area contributed by atoms with Gasteiger partial charge in [-0.3, -0.25) is 0 Å². The lowest BCUT2D eigenvalue weighted by atomic mass is 10.2. The zero-order chi connectivity index (χ0) is 10.3. The Kier molecular flexibility index (Phi) is 7.06. The van der Waals surface area contributed by atoms with Crippen molar-refractivity contribution in [1.82, 2.24) is 0 Å². The van der Waals surface area contributed by atoms with Gasteiger partial charge >= 0.3 is 0 Å². The minimum Gasteiger partial charge on any atom is -0.394 e. The van der Waals surface area contributed by atoms with E-state index >= 15 is 0 Å². The summed E-state index contributed by atoms with van der Waals surface area (Å²) in [6, 6.07) is 0. The van der Waals surface area contributed by atoms with Crippen molar-refractivity contribution in [2.24, 2.45) is 0 Å². The maximum Gasteiger partial charge on any atom is 0.181 e. The van der Waals surface area contributed by atoms with Gasteiger partial charge in [0.15, 0.2) is 12.6 Å². The maximum absolute atomic E-state index is 9.01. The van der Waals surface area contributed by atoms with Crippen molar-refractivity contribution >= 4 is 0 Å². The first-order chi connectivity index (χ1) is 6.10. The summed E-state index contributed by atoms with van der Waals surface area (Å²) < 4.78 is 4.46. The van der Waals surface area contributed by atoms with Gasteiger partial charge in [-0.05, 0) is 6.42 Å². The molecule has 0 aromatic rings. The van der Waals surface area contributed by atoms with Crippen molar-refractivity contribution in [3.8, 4) is 0 Å². The summed E-state index contributed by atoms with van der Waals surface area (Å²) in [6.45, 7) is -0.977. The summed E-state index contributed by atoms with van der Waals surface area (Å²) in [5.41, 5.74) is 0. The minimum atomic E-state index is -1.42. The van der Waals surface area contributed by atoms with Crippen molar-refractivity contribution in [2.45, 2.75) is 31.5 Å². The molecule has 6 heteroatoms. The van der Waals surface area contributed by atoms with Crippen LogP contribution in [0.15, 0.2) is 0 Å². The molecule has 0 radical (unpaired) electrons. The number of hydrogen-bond acceptors (Lipinski definition) is 6. The zero-order valence-electron chi connectivity index (χ0n) is 7.20. The molecule has 0 aromatic carbocycles. The number of aliphatic hydroxyl groups is 5. The highest BCUT2D eigenvalue weighted by atomic mass is 16.7. The van der Waals surface area contributed by atoms with Crippen LogP contribution in [-0.4, -0.2) is 57.4 Å². The molecule has 6 nitrogen and oxygen atoms in total. The van der Waals surface area contributed by atoms with E-state index in [2.05, 4.69) is 4.74 Å². The molecule has 0 heterocycles. The molecular formula is C7H16O6. The van der Waals surface area contributed by atoms with E-state index in [0.29, 0.717) is 0 Å². The summed E-state index contributed by atoms with van der Waals surface area (Å²) in [5, 5.41) is 43.3. The number of hydrogen-bond donors (Lipinski definition) is 5. The second kappa shape index (κ2) is 7.19. The molecule has 80 valence electrons. The van der Waals surface area contributed by atoms with Crippen LogP contribution < -0.4 is 0 Å². The normalized spacial score (nSPS) is 18.2. The molecule has 0 saturated heterocycles. The van der Waals surface area contributed by atoms with Gasteiger partial charge in [0, 0.05) is 6.42 Å². The van der Waals surface area contributed by atoms with Gasteiger partial charge in [-0.25, -0.2) is 0 Å². The first-order valence-corrected chi connectivity index (χ1v) is 4.01. The van der Waals surface area contributed by atoms with Gasteiger partial charge in [0.2, 0.25) is 0 Å². The van der Waals surface area contributed by atoms with Crippen molar-refractivity contribution in [3.63, 3.8) is 0 Å². The van der Waals surface area contributed by atoms with Crippen molar-refractivity contribution < 1.29 is 30.3 Å². The molecule has 0 aliphatic heterocycles. The lowest BCUT2D eigenvalue weighted by molar-refractivity contribution is -0.222. The third kappa shape index (κ3) is 6.88. The topological polar surface area (TPSA) is 110 Å². The van der Waals surface area contributed by atoms with Gasteiger partial charge in [-0.2, -0.15) is 0 Å². The Hall–Kier alpha value is -0.240. The molecule has 0 saturated carbocycles. The fourth-order valence-electron chi connectivity index (χ4n) is 0.719. The van der Waals surface area contributed by atoms with Crippen LogP contribution in [0.3, 0.4) is 0 Å². The molecule has 3 atom stereocenters. The molecular weight excluding hydrogens is 180 g/mol. The van der Waals surface area contributed by atoms with E-state index in [1.54, 1.807) is 0 Å². The smallest absolute Gasteiger partial charge is 0.181 e. The maximum atomic E-state index is 9.01. The predicted octanol–water partition coefficient (Wildman–Crippen LogP) is -2.23. The van der Waals surface area contributed by atoms with E-state index in [4.69, 9.17) is 25.5 Å². The molecule has 0 amide bonds. The SMILES string of the molecule is OCC(O)CCC(O)OC(O)CO. The summed E-state index contributed by atoms with van der Waals surface area (Å²) >= 11 is 0.